The molecule has 0 bridgehead atoms. The maximum absolute atomic E-state index is 10.8. The highest BCUT2D eigenvalue weighted by Crippen LogP contribution is 2.40. The number of carbonyl (C=O) groups is 1. The van der Waals surface area contributed by atoms with E-state index >= 15 is 0 Å². The average Bonchev–Trinajstić information content (AvgIpc) is 2.49. The molecule has 0 aromatic rings. The summed E-state index contributed by atoms with van der Waals surface area (Å²) in [6, 6.07) is 0. The summed E-state index contributed by atoms with van der Waals surface area (Å²) < 4.78 is 0. The number of primary amides is 1. The molecule has 0 spiro atoms. The maximum Gasteiger partial charge on any atom is 0.222 e. The van der Waals surface area contributed by atoms with E-state index in [1.165, 1.54) is 0 Å². The molecule has 0 aromatic heterocycles. The number of hydrogen-bond acceptors (Lipinski definition) is 2. The lowest BCUT2D eigenvalue weighted by Crippen LogP contribution is -2.40. The summed E-state index contributed by atoms with van der Waals surface area (Å²) in [5, 5.41) is 0. The fourth-order valence-corrected chi connectivity index (χ4v) is 1.38. The van der Waals surface area contributed by atoms with Gasteiger partial charge < -0.3 is 11.5 Å². The highest BCUT2D eigenvalue weighted by molar-refractivity contribution is 5.78. The summed E-state index contributed by atoms with van der Waals surface area (Å²) in [6.45, 7) is 1.95. The monoisotopic (exact) mass is 142 g/mol. The van der Waals surface area contributed by atoms with E-state index in [1.54, 1.807) is 0 Å². The van der Waals surface area contributed by atoms with Crippen LogP contribution in [0.3, 0.4) is 0 Å². The molecular weight excluding hydrogens is 128 g/mol. The van der Waals surface area contributed by atoms with Crippen molar-refractivity contribution in [3.63, 3.8) is 0 Å². The van der Waals surface area contributed by atoms with Gasteiger partial charge in [-0.2, -0.15) is 0 Å². The second kappa shape index (κ2) is 2.23. The third kappa shape index (κ3) is 1.14. The smallest absolute Gasteiger partial charge is 0.222 e. The minimum Gasteiger partial charge on any atom is -0.369 e. The van der Waals surface area contributed by atoms with Gasteiger partial charge in [0.1, 0.15) is 0 Å². The van der Waals surface area contributed by atoms with Crippen LogP contribution in [0, 0.1) is 5.92 Å². The minimum absolute atomic E-state index is 0.104. The fourth-order valence-electron chi connectivity index (χ4n) is 1.38. The van der Waals surface area contributed by atoms with Crippen molar-refractivity contribution in [3.8, 4) is 0 Å². The highest BCUT2D eigenvalue weighted by atomic mass is 16.1. The van der Waals surface area contributed by atoms with Crippen molar-refractivity contribution in [2.75, 3.05) is 0 Å². The third-order valence-electron chi connectivity index (χ3n) is 2.27. The van der Waals surface area contributed by atoms with Crippen LogP contribution < -0.4 is 11.5 Å². The Bertz CT molecular complexity index is 152. The molecule has 1 aliphatic carbocycles. The van der Waals surface area contributed by atoms with Crippen molar-refractivity contribution >= 4 is 5.91 Å². The predicted molar refractivity (Wildman–Crippen MR) is 39.1 cm³/mol. The van der Waals surface area contributed by atoms with E-state index in [0.717, 1.165) is 19.3 Å². The molecule has 0 heterocycles. The van der Waals surface area contributed by atoms with E-state index in [1.807, 2.05) is 6.92 Å². The molecule has 1 fully saturated rings. The Morgan fingerprint density at radius 1 is 1.70 bits per heavy atom. The molecule has 1 unspecified atom stereocenters. The topological polar surface area (TPSA) is 69.1 Å². The first-order valence-corrected chi connectivity index (χ1v) is 3.68. The second-order valence-corrected chi connectivity index (χ2v) is 3.10. The molecule has 1 rings (SSSR count). The Morgan fingerprint density at radius 3 is 2.30 bits per heavy atom. The lowest BCUT2D eigenvalue weighted by atomic mass is 9.95. The normalized spacial score (nSPS) is 23.8. The van der Waals surface area contributed by atoms with Gasteiger partial charge in [-0.15, -0.1) is 0 Å². The van der Waals surface area contributed by atoms with Crippen LogP contribution in [0.2, 0.25) is 0 Å². The zero-order chi connectivity index (χ0) is 7.78. The van der Waals surface area contributed by atoms with Gasteiger partial charge in [-0.25, -0.2) is 0 Å². The molecule has 0 radical (unpaired) electrons. The lowest BCUT2D eigenvalue weighted by Gasteiger charge is -2.17. The second-order valence-electron chi connectivity index (χ2n) is 3.10. The molecule has 10 heavy (non-hydrogen) atoms. The summed E-state index contributed by atoms with van der Waals surface area (Å²) >= 11 is 0. The number of carbonyl (C=O) groups excluding carboxylic acids is 1. The molecule has 58 valence electrons. The van der Waals surface area contributed by atoms with E-state index in [-0.39, 0.29) is 17.4 Å². The number of amides is 1. The van der Waals surface area contributed by atoms with E-state index in [9.17, 15) is 4.79 Å². The quantitative estimate of drug-likeness (QED) is 0.582. The van der Waals surface area contributed by atoms with Crippen molar-refractivity contribution in [2.24, 2.45) is 17.4 Å². The van der Waals surface area contributed by atoms with Crippen LogP contribution in [0.1, 0.15) is 26.2 Å². The van der Waals surface area contributed by atoms with E-state index in [4.69, 9.17) is 11.5 Å². The largest absolute Gasteiger partial charge is 0.369 e. The Balaban J connectivity index is 2.57. The number of nitrogens with two attached hydrogens (primary N) is 2. The summed E-state index contributed by atoms with van der Waals surface area (Å²) in [7, 11) is 0. The van der Waals surface area contributed by atoms with Gasteiger partial charge in [0.15, 0.2) is 0 Å². The van der Waals surface area contributed by atoms with Crippen molar-refractivity contribution in [1.82, 2.24) is 0 Å². The summed E-state index contributed by atoms with van der Waals surface area (Å²) in [6.07, 6.45) is 2.68. The van der Waals surface area contributed by atoms with Gasteiger partial charge in [0, 0.05) is 5.54 Å². The molecule has 4 N–H and O–H groups in total. The Hall–Kier alpha value is -0.570. The SMILES string of the molecule is CCC(C(N)=O)C1(N)CC1. The molecular formula is C7H14N2O. The summed E-state index contributed by atoms with van der Waals surface area (Å²) in [5.74, 6) is -0.352. The molecule has 1 amide bonds. The zero-order valence-electron chi connectivity index (χ0n) is 6.26. The van der Waals surface area contributed by atoms with Gasteiger partial charge in [0.2, 0.25) is 5.91 Å². The summed E-state index contributed by atoms with van der Waals surface area (Å²) in [5.41, 5.74) is 10.7. The first-order valence-electron chi connectivity index (χ1n) is 3.68. The standard InChI is InChI=1S/C7H14N2O/c1-2-5(6(8)10)7(9)3-4-7/h5H,2-4,9H2,1H3,(H2,8,10). The molecule has 3 nitrogen and oxygen atoms in total. The van der Waals surface area contributed by atoms with Crippen LogP contribution in [-0.4, -0.2) is 11.4 Å². The minimum atomic E-state index is -0.248. The summed E-state index contributed by atoms with van der Waals surface area (Å²) in [4.78, 5) is 10.8. The zero-order valence-corrected chi connectivity index (χ0v) is 6.26. The van der Waals surface area contributed by atoms with Crippen molar-refractivity contribution in [3.05, 3.63) is 0 Å². The maximum atomic E-state index is 10.8. The van der Waals surface area contributed by atoms with Crippen LogP contribution in [0.5, 0.6) is 0 Å². The van der Waals surface area contributed by atoms with Crippen molar-refractivity contribution in [1.29, 1.82) is 0 Å². The van der Waals surface area contributed by atoms with Gasteiger partial charge in [-0.3, -0.25) is 4.79 Å². The predicted octanol–water partition coefficient (Wildman–Crippen LogP) is -0.0108. The Labute approximate surface area is 60.8 Å². The Morgan fingerprint density at radius 2 is 2.20 bits per heavy atom. The van der Waals surface area contributed by atoms with Crippen LogP contribution in [0.25, 0.3) is 0 Å². The third-order valence-corrected chi connectivity index (χ3v) is 2.27. The van der Waals surface area contributed by atoms with E-state index in [2.05, 4.69) is 0 Å². The van der Waals surface area contributed by atoms with Crippen LogP contribution in [0.4, 0.5) is 0 Å². The van der Waals surface area contributed by atoms with Gasteiger partial charge >= 0.3 is 0 Å². The van der Waals surface area contributed by atoms with Crippen LogP contribution in [-0.2, 0) is 4.79 Å². The van der Waals surface area contributed by atoms with E-state index in [0.29, 0.717) is 0 Å². The molecule has 0 saturated heterocycles. The van der Waals surface area contributed by atoms with Gasteiger partial charge in [-0.05, 0) is 19.3 Å². The molecule has 3 heteroatoms. The Kier molecular flexibility index (Phi) is 1.68. The van der Waals surface area contributed by atoms with Crippen LogP contribution in [0.15, 0.2) is 0 Å². The van der Waals surface area contributed by atoms with Gasteiger partial charge in [0.05, 0.1) is 5.92 Å². The fraction of sp³-hybridized carbons (Fsp3) is 0.857. The van der Waals surface area contributed by atoms with Crippen molar-refractivity contribution in [2.45, 2.75) is 31.7 Å². The van der Waals surface area contributed by atoms with Gasteiger partial charge in [0.25, 0.3) is 0 Å². The highest BCUT2D eigenvalue weighted by Gasteiger charge is 2.47. The van der Waals surface area contributed by atoms with Crippen LogP contribution >= 0.6 is 0 Å². The van der Waals surface area contributed by atoms with Gasteiger partial charge in [-0.1, -0.05) is 6.92 Å². The number of hydrogen-bond donors (Lipinski definition) is 2. The molecule has 1 saturated carbocycles. The molecule has 0 aromatic carbocycles. The molecule has 0 aliphatic heterocycles. The van der Waals surface area contributed by atoms with Crippen molar-refractivity contribution < 1.29 is 4.79 Å². The number of rotatable bonds is 3. The first-order chi connectivity index (χ1) is 4.60. The molecule has 1 atom stereocenters. The van der Waals surface area contributed by atoms with E-state index < -0.39 is 0 Å². The first kappa shape index (κ1) is 7.54. The molecule has 1 aliphatic rings. The average molecular weight is 142 g/mol. The lowest BCUT2D eigenvalue weighted by molar-refractivity contribution is -0.122.